The fraction of sp³-hybridized carbons (Fsp3) is 0. The quantitative estimate of drug-likeness (QED) is 0.137. The third kappa shape index (κ3) is 6.99. The lowest BCUT2D eigenvalue weighted by atomic mass is 9.84. The van der Waals surface area contributed by atoms with Gasteiger partial charge in [-0.3, -0.25) is 0 Å². The molecule has 0 bridgehead atoms. The fourth-order valence-electron chi connectivity index (χ4n) is 11.4. The molecule has 0 fully saturated rings. The third-order valence-corrected chi connectivity index (χ3v) is 15.9. The maximum absolute atomic E-state index is 2.44. The maximum Gasteiger partial charge on any atom is 0.0540 e. The Balaban J connectivity index is 0.962. The first-order valence-electron chi connectivity index (χ1n) is 24.7. The summed E-state index contributed by atoms with van der Waals surface area (Å²) in [5, 5.41) is 12.6. The van der Waals surface area contributed by atoms with Crippen LogP contribution in [0.3, 0.4) is 0 Å². The Hall–Kier alpha value is -9.08. The topological polar surface area (TPSA) is 3.24 Å². The summed E-state index contributed by atoms with van der Waals surface area (Å²) in [6.07, 6.45) is 0. The van der Waals surface area contributed by atoms with E-state index >= 15 is 0 Å². The van der Waals surface area contributed by atoms with Crippen molar-refractivity contribution < 1.29 is 0 Å². The second kappa shape index (κ2) is 17.4. The summed E-state index contributed by atoms with van der Waals surface area (Å²) < 4.78 is 2.63. The van der Waals surface area contributed by atoms with Crippen molar-refractivity contribution in [1.29, 1.82) is 0 Å². The monoisotopic (exact) mass is 931 g/mol. The summed E-state index contributed by atoms with van der Waals surface area (Å²) in [7, 11) is 0. The Morgan fingerprint density at radius 2 is 0.736 bits per heavy atom. The van der Waals surface area contributed by atoms with Gasteiger partial charge in [0.15, 0.2) is 0 Å². The van der Waals surface area contributed by atoms with Gasteiger partial charge in [-0.1, -0.05) is 224 Å². The van der Waals surface area contributed by atoms with E-state index in [4.69, 9.17) is 0 Å². The SMILES string of the molecule is c1ccc(-c2c(-c3ccccc3)c3cc(-c4ccccc4N(c4ccc(-c5cc6ccccc6c6ccccc56)cc4)c4ccc(-c5cccc6c5sc5ccccc56)cc4)ccc3c3ccccc23)cc1. The molecule has 0 aliphatic rings. The molecule has 2 heteroatoms. The van der Waals surface area contributed by atoms with Gasteiger partial charge < -0.3 is 4.90 Å². The highest BCUT2D eigenvalue weighted by Gasteiger charge is 2.22. The van der Waals surface area contributed by atoms with E-state index in [9.17, 15) is 0 Å². The lowest BCUT2D eigenvalue weighted by Gasteiger charge is -2.28. The number of rotatable bonds is 8. The average molecular weight is 932 g/mol. The van der Waals surface area contributed by atoms with E-state index in [1.165, 1.54) is 108 Å². The zero-order chi connectivity index (χ0) is 47.5. The van der Waals surface area contributed by atoms with Gasteiger partial charge in [-0.2, -0.15) is 0 Å². The van der Waals surface area contributed by atoms with Crippen molar-refractivity contribution in [3.63, 3.8) is 0 Å². The van der Waals surface area contributed by atoms with Crippen LogP contribution in [-0.4, -0.2) is 0 Å². The summed E-state index contributed by atoms with van der Waals surface area (Å²) >= 11 is 1.88. The zero-order valence-electron chi connectivity index (χ0n) is 39.3. The number of para-hydroxylation sites is 1. The van der Waals surface area contributed by atoms with Gasteiger partial charge in [0.1, 0.15) is 0 Å². The zero-order valence-corrected chi connectivity index (χ0v) is 40.2. The summed E-state index contributed by atoms with van der Waals surface area (Å²) in [5.41, 5.74) is 15.3. The molecule has 0 N–H and O–H groups in total. The van der Waals surface area contributed by atoms with Crippen LogP contribution in [0.25, 0.3) is 119 Å². The van der Waals surface area contributed by atoms with Crippen molar-refractivity contribution in [2.45, 2.75) is 0 Å². The first-order valence-corrected chi connectivity index (χ1v) is 25.6. The minimum absolute atomic E-state index is 1.08. The molecule has 336 valence electrons. The summed E-state index contributed by atoms with van der Waals surface area (Å²) in [6.45, 7) is 0. The summed E-state index contributed by atoms with van der Waals surface area (Å²) in [6, 6.07) is 101. The number of anilines is 3. The predicted octanol–water partition coefficient (Wildman–Crippen LogP) is 20.5. The van der Waals surface area contributed by atoms with Crippen LogP contribution in [-0.2, 0) is 0 Å². The molecule has 0 saturated heterocycles. The normalized spacial score (nSPS) is 11.6. The van der Waals surface area contributed by atoms with Crippen molar-refractivity contribution >= 4 is 91.7 Å². The van der Waals surface area contributed by atoms with Crippen LogP contribution in [0.1, 0.15) is 0 Å². The van der Waals surface area contributed by atoms with Gasteiger partial charge >= 0.3 is 0 Å². The summed E-state index contributed by atoms with van der Waals surface area (Å²) in [4.78, 5) is 2.44. The first kappa shape index (κ1) is 41.9. The molecule has 14 rings (SSSR count). The van der Waals surface area contributed by atoms with E-state index in [0.29, 0.717) is 0 Å². The largest absolute Gasteiger partial charge is 0.310 e. The average Bonchev–Trinajstić information content (AvgIpc) is 3.85. The van der Waals surface area contributed by atoms with Crippen molar-refractivity contribution in [2.24, 2.45) is 0 Å². The van der Waals surface area contributed by atoms with Crippen LogP contribution in [0.4, 0.5) is 17.1 Å². The minimum atomic E-state index is 1.08. The van der Waals surface area contributed by atoms with Gasteiger partial charge in [0.2, 0.25) is 0 Å². The molecule has 0 unspecified atom stereocenters. The molecule has 72 heavy (non-hydrogen) atoms. The van der Waals surface area contributed by atoms with Gasteiger partial charge in [-0.05, 0) is 142 Å². The molecule has 13 aromatic carbocycles. The first-order chi connectivity index (χ1) is 35.7. The highest BCUT2D eigenvalue weighted by atomic mass is 32.1. The van der Waals surface area contributed by atoms with E-state index in [1.807, 2.05) is 11.3 Å². The van der Waals surface area contributed by atoms with Gasteiger partial charge in [-0.15, -0.1) is 11.3 Å². The summed E-state index contributed by atoms with van der Waals surface area (Å²) in [5.74, 6) is 0. The van der Waals surface area contributed by atoms with E-state index in [-0.39, 0.29) is 0 Å². The molecule has 0 aliphatic heterocycles. The Morgan fingerprint density at radius 3 is 1.44 bits per heavy atom. The molecule has 0 atom stereocenters. The molecular weight excluding hydrogens is 887 g/mol. The Bertz CT molecular complexity index is 4360. The van der Waals surface area contributed by atoms with Crippen LogP contribution in [0, 0.1) is 0 Å². The molecular formula is C70H45NS. The van der Waals surface area contributed by atoms with Crippen molar-refractivity contribution in [3.05, 3.63) is 273 Å². The number of fused-ring (bicyclic) bond motifs is 9. The van der Waals surface area contributed by atoms with E-state index in [0.717, 1.165) is 28.2 Å². The van der Waals surface area contributed by atoms with E-state index < -0.39 is 0 Å². The van der Waals surface area contributed by atoms with Gasteiger partial charge in [0.25, 0.3) is 0 Å². The number of thiophene rings is 1. The van der Waals surface area contributed by atoms with E-state index in [2.05, 4.69) is 278 Å². The molecule has 0 radical (unpaired) electrons. The second-order valence-corrected chi connectivity index (χ2v) is 19.8. The highest BCUT2D eigenvalue weighted by Crippen LogP contribution is 2.48. The van der Waals surface area contributed by atoms with Crippen LogP contribution < -0.4 is 4.90 Å². The lowest BCUT2D eigenvalue weighted by molar-refractivity contribution is 1.28. The fourth-order valence-corrected chi connectivity index (χ4v) is 12.6. The predicted molar refractivity (Wildman–Crippen MR) is 311 cm³/mol. The van der Waals surface area contributed by atoms with Crippen LogP contribution in [0.5, 0.6) is 0 Å². The Morgan fingerprint density at radius 1 is 0.250 bits per heavy atom. The van der Waals surface area contributed by atoms with Gasteiger partial charge in [0, 0.05) is 37.1 Å². The molecule has 0 amide bonds. The molecule has 1 aromatic heterocycles. The molecule has 1 heterocycles. The molecule has 14 aromatic rings. The molecule has 0 aliphatic carbocycles. The number of hydrogen-bond acceptors (Lipinski definition) is 2. The van der Waals surface area contributed by atoms with Crippen molar-refractivity contribution in [3.8, 4) is 55.6 Å². The Labute approximate surface area is 422 Å². The van der Waals surface area contributed by atoms with Gasteiger partial charge in [-0.25, -0.2) is 0 Å². The van der Waals surface area contributed by atoms with Gasteiger partial charge in [0.05, 0.1) is 5.69 Å². The number of nitrogens with zero attached hydrogens (tertiary/aromatic N) is 1. The lowest BCUT2D eigenvalue weighted by Crippen LogP contribution is -2.11. The smallest absolute Gasteiger partial charge is 0.0540 e. The maximum atomic E-state index is 2.44. The van der Waals surface area contributed by atoms with Crippen LogP contribution >= 0.6 is 11.3 Å². The number of hydrogen-bond donors (Lipinski definition) is 0. The highest BCUT2D eigenvalue weighted by molar-refractivity contribution is 7.26. The molecule has 0 saturated carbocycles. The Kier molecular flexibility index (Phi) is 10.1. The van der Waals surface area contributed by atoms with E-state index in [1.54, 1.807) is 0 Å². The standard InChI is InChI=1S/C70H45NS/c1-3-18-48(19-4-1)68-62-29-12-11-26-58(62)60-43-38-51(45-65(60)69(68)49-20-5-2-6-21-49)55-24-13-15-32-66(55)71(52-39-34-46(35-40-52)56-30-17-31-63-61-28-14-16-33-67(61)72-70(56)63)53-41-36-47(37-42-53)64-44-50-22-7-8-23-54(50)57-25-9-10-27-59(57)64/h1-45H. The second-order valence-electron chi connectivity index (χ2n) is 18.7. The molecule has 0 spiro atoms. The van der Waals surface area contributed by atoms with Crippen LogP contribution in [0.15, 0.2) is 273 Å². The molecule has 1 nitrogen and oxygen atoms in total. The van der Waals surface area contributed by atoms with Crippen molar-refractivity contribution in [2.75, 3.05) is 4.90 Å². The number of benzene rings is 13. The minimum Gasteiger partial charge on any atom is -0.310 e. The van der Waals surface area contributed by atoms with Crippen LogP contribution in [0.2, 0.25) is 0 Å². The van der Waals surface area contributed by atoms with Crippen molar-refractivity contribution in [1.82, 2.24) is 0 Å². The third-order valence-electron chi connectivity index (χ3n) is 14.7.